The minimum absolute atomic E-state index is 0.283. The van der Waals surface area contributed by atoms with Crippen LogP contribution in [0.25, 0.3) is 22.2 Å². The molecule has 0 bridgehead atoms. The number of benzene rings is 2. The fourth-order valence-corrected chi connectivity index (χ4v) is 3.34. The van der Waals surface area contributed by atoms with E-state index in [1.807, 2.05) is 29.6 Å². The van der Waals surface area contributed by atoms with E-state index >= 15 is 0 Å². The number of para-hydroxylation sites is 1. The highest BCUT2D eigenvalue weighted by Crippen LogP contribution is 2.26. The lowest BCUT2D eigenvalue weighted by molar-refractivity contribution is 0.0998. The number of carbonyl (C=O) groups excluding carboxylic acids is 1. The van der Waals surface area contributed by atoms with E-state index in [2.05, 4.69) is 41.5 Å². The minimum atomic E-state index is -0.293. The SMILES string of the molecule is CCc1ccc(-c2csc(NC(=O)c3cc4ccccc4o3)n2)cc1. The summed E-state index contributed by atoms with van der Waals surface area (Å²) in [7, 11) is 0. The molecule has 0 saturated carbocycles. The molecule has 25 heavy (non-hydrogen) atoms. The van der Waals surface area contributed by atoms with Gasteiger partial charge in [0, 0.05) is 16.3 Å². The molecule has 124 valence electrons. The summed E-state index contributed by atoms with van der Waals surface area (Å²) in [6.07, 6.45) is 1.01. The molecule has 4 nitrogen and oxygen atoms in total. The molecule has 5 heteroatoms. The van der Waals surface area contributed by atoms with Gasteiger partial charge in [-0.1, -0.05) is 49.4 Å². The van der Waals surface area contributed by atoms with Crippen molar-refractivity contribution in [2.24, 2.45) is 0 Å². The first-order valence-electron chi connectivity index (χ1n) is 8.07. The van der Waals surface area contributed by atoms with E-state index in [1.165, 1.54) is 16.9 Å². The molecule has 0 aliphatic carbocycles. The normalized spacial score (nSPS) is 10.9. The Morgan fingerprint density at radius 3 is 2.72 bits per heavy atom. The van der Waals surface area contributed by atoms with Gasteiger partial charge in [0.15, 0.2) is 10.9 Å². The van der Waals surface area contributed by atoms with Gasteiger partial charge in [0.1, 0.15) is 5.58 Å². The van der Waals surface area contributed by atoms with Crippen LogP contribution in [0.15, 0.2) is 64.4 Å². The number of thiazole rings is 1. The summed E-state index contributed by atoms with van der Waals surface area (Å²) >= 11 is 1.40. The molecule has 4 rings (SSSR count). The van der Waals surface area contributed by atoms with Crippen LogP contribution in [0.3, 0.4) is 0 Å². The van der Waals surface area contributed by atoms with E-state index < -0.39 is 0 Å². The Labute approximate surface area is 149 Å². The van der Waals surface area contributed by atoms with Crippen molar-refractivity contribution in [3.8, 4) is 11.3 Å². The highest BCUT2D eigenvalue weighted by molar-refractivity contribution is 7.14. The molecule has 0 atom stereocenters. The van der Waals surface area contributed by atoms with Crippen molar-refractivity contribution in [3.05, 3.63) is 71.3 Å². The number of furan rings is 1. The van der Waals surface area contributed by atoms with Crippen molar-refractivity contribution >= 4 is 33.3 Å². The molecule has 0 fully saturated rings. The van der Waals surface area contributed by atoms with Gasteiger partial charge in [0.05, 0.1) is 5.69 Å². The maximum atomic E-state index is 12.4. The molecule has 1 N–H and O–H groups in total. The Morgan fingerprint density at radius 1 is 1.16 bits per heavy atom. The van der Waals surface area contributed by atoms with Crippen molar-refractivity contribution < 1.29 is 9.21 Å². The summed E-state index contributed by atoms with van der Waals surface area (Å²) in [4.78, 5) is 16.9. The van der Waals surface area contributed by atoms with Crippen LogP contribution in [0.1, 0.15) is 23.0 Å². The van der Waals surface area contributed by atoms with E-state index in [-0.39, 0.29) is 11.7 Å². The quantitative estimate of drug-likeness (QED) is 0.539. The molecule has 0 spiro atoms. The maximum absolute atomic E-state index is 12.4. The van der Waals surface area contributed by atoms with Crippen LogP contribution in [0.2, 0.25) is 0 Å². The van der Waals surface area contributed by atoms with Gasteiger partial charge in [-0.15, -0.1) is 11.3 Å². The second kappa shape index (κ2) is 6.53. The van der Waals surface area contributed by atoms with Gasteiger partial charge in [0.2, 0.25) is 0 Å². The lowest BCUT2D eigenvalue weighted by Crippen LogP contribution is -2.10. The molecule has 2 heterocycles. The lowest BCUT2D eigenvalue weighted by atomic mass is 10.1. The van der Waals surface area contributed by atoms with Crippen molar-refractivity contribution in [2.45, 2.75) is 13.3 Å². The lowest BCUT2D eigenvalue weighted by Gasteiger charge is -2.00. The van der Waals surface area contributed by atoms with Crippen LogP contribution >= 0.6 is 11.3 Å². The van der Waals surface area contributed by atoms with E-state index in [4.69, 9.17) is 4.42 Å². The topological polar surface area (TPSA) is 55.1 Å². The largest absolute Gasteiger partial charge is 0.451 e. The van der Waals surface area contributed by atoms with Gasteiger partial charge in [0.25, 0.3) is 5.91 Å². The van der Waals surface area contributed by atoms with E-state index in [1.54, 1.807) is 6.07 Å². The number of amides is 1. The predicted molar refractivity (Wildman–Crippen MR) is 101 cm³/mol. The highest BCUT2D eigenvalue weighted by Gasteiger charge is 2.14. The molecule has 2 aromatic carbocycles. The summed E-state index contributed by atoms with van der Waals surface area (Å²) in [5.41, 5.74) is 3.88. The monoisotopic (exact) mass is 348 g/mol. The zero-order valence-electron chi connectivity index (χ0n) is 13.7. The number of fused-ring (bicyclic) bond motifs is 1. The summed E-state index contributed by atoms with van der Waals surface area (Å²) in [6, 6.07) is 17.6. The molecule has 4 aromatic rings. The first-order chi connectivity index (χ1) is 12.2. The van der Waals surface area contributed by atoms with Crippen LogP contribution in [0, 0.1) is 0 Å². The van der Waals surface area contributed by atoms with Gasteiger partial charge >= 0.3 is 0 Å². The number of nitrogens with one attached hydrogen (secondary N) is 1. The van der Waals surface area contributed by atoms with Crippen LogP contribution < -0.4 is 5.32 Å². The molecule has 0 unspecified atom stereocenters. The molecule has 0 radical (unpaired) electrons. The summed E-state index contributed by atoms with van der Waals surface area (Å²) < 4.78 is 5.58. The Balaban J connectivity index is 1.52. The third-order valence-electron chi connectivity index (χ3n) is 4.03. The molecule has 1 amide bonds. The Morgan fingerprint density at radius 2 is 1.96 bits per heavy atom. The van der Waals surface area contributed by atoms with E-state index in [0.717, 1.165) is 23.1 Å². The molecule has 0 saturated heterocycles. The van der Waals surface area contributed by atoms with Crippen molar-refractivity contribution in [1.29, 1.82) is 0 Å². The van der Waals surface area contributed by atoms with Crippen molar-refractivity contribution in [2.75, 3.05) is 5.32 Å². The predicted octanol–water partition coefficient (Wildman–Crippen LogP) is 5.37. The maximum Gasteiger partial charge on any atom is 0.293 e. The number of carbonyl (C=O) groups is 1. The van der Waals surface area contributed by atoms with Gasteiger partial charge in [-0.05, 0) is 24.1 Å². The van der Waals surface area contributed by atoms with E-state index in [9.17, 15) is 4.79 Å². The van der Waals surface area contributed by atoms with Gasteiger partial charge in [-0.2, -0.15) is 0 Å². The average molecular weight is 348 g/mol. The highest BCUT2D eigenvalue weighted by atomic mass is 32.1. The third kappa shape index (κ3) is 3.19. The molecule has 2 aromatic heterocycles. The number of hydrogen-bond donors (Lipinski definition) is 1. The molecular weight excluding hydrogens is 332 g/mol. The zero-order chi connectivity index (χ0) is 17.2. The zero-order valence-corrected chi connectivity index (χ0v) is 14.5. The number of anilines is 1. The smallest absolute Gasteiger partial charge is 0.293 e. The number of rotatable bonds is 4. The van der Waals surface area contributed by atoms with Crippen molar-refractivity contribution in [1.82, 2.24) is 4.98 Å². The van der Waals surface area contributed by atoms with Crippen LogP contribution in [0.5, 0.6) is 0 Å². The van der Waals surface area contributed by atoms with Gasteiger partial charge < -0.3 is 4.42 Å². The Hall–Kier alpha value is -2.92. The first-order valence-corrected chi connectivity index (χ1v) is 8.95. The van der Waals surface area contributed by atoms with Crippen LogP contribution in [0.4, 0.5) is 5.13 Å². The minimum Gasteiger partial charge on any atom is -0.451 e. The summed E-state index contributed by atoms with van der Waals surface area (Å²) in [5, 5.41) is 6.21. The first kappa shape index (κ1) is 15.6. The third-order valence-corrected chi connectivity index (χ3v) is 4.79. The number of aromatic nitrogens is 1. The second-order valence-corrected chi connectivity index (χ2v) is 6.55. The van der Waals surface area contributed by atoms with Gasteiger partial charge in [-0.3, -0.25) is 10.1 Å². The Bertz CT molecular complexity index is 998. The fourth-order valence-electron chi connectivity index (χ4n) is 2.63. The van der Waals surface area contributed by atoms with Crippen molar-refractivity contribution in [3.63, 3.8) is 0 Å². The van der Waals surface area contributed by atoms with Gasteiger partial charge in [-0.25, -0.2) is 4.98 Å². The number of aryl methyl sites for hydroxylation is 1. The number of hydrogen-bond acceptors (Lipinski definition) is 4. The molecule has 0 aliphatic rings. The summed E-state index contributed by atoms with van der Waals surface area (Å²) in [6.45, 7) is 2.13. The standard InChI is InChI=1S/C20H16N2O2S/c1-2-13-7-9-14(10-8-13)16-12-25-20(21-16)22-19(23)18-11-15-5-3-4-6-17(15)24-18/h3-12H,2H2,1H3,(H,21,22,23). The summed E-state index contributed by atoms with van der Waals surface area (Å²) in [5.74, 6) is -0.0105. The Kier molecular flexibility index (Phi) is 4.07. The van der Waals surface area contributed by atoms with Crippen LogP contribution in [-0.4, -0.2) is 10.9 Å². The second-order valence-electron chi connectivity index (χ2n) is 5.69. The van der Waals surface area contributed by atoms with Crippen LogP contribution in [-0.2, 0) is 6.42 Å². The molecular formula is C20H16N2O2S. The van der Waals surface area contributed by atoms with E-state index in [0.29, 0.717) is 10.7 Å². The number of nitrogens with zero attached hydrogens (tertiary/aromatic N) is 1. The average Bonchev–Trinajstić information content (AvgIpc) is 3.28. The molecule has 0 aliphatic heterocycles. The fraction of sp³-hybridized carbons (Fsp3) is 0.100.